The summed E-state index contributed by atoms with van der Waals surface area (Å²) in [7, 11) is 0. The summed E-state index contributed by atoms with van der Waals surface area (Å²) in [5, 5.41) is 2.77. The monoisotopic (exact) mass is 291 g/mol. The Morgan fingerprint density at radius 1 is 1.48 bits per heavy atom. The SMILES string of the molecule is CCC1C(=O)NCCN1C(=O)COc1ccccc1CN. The number of piperazine rings is 1. The first-order chi connectivity index (χ1) is 10.2. The molecule has 0 spiro atoms. The first-order valence-corrected chi connectivity index (χ1v) is 7.15. The Hall–Kier alpha value is -2.08. The molecule has 0 aliphatic carbocycles. The van der Waals surface area contributed by atoms with Crippen molar-refractivity contribution in [3.8, 4) is 5.75 Å². The van der Waals surface area contributed by atoms with Crippen molar-refractivity contribution in [1.82, 2.24) is 10.2 Å². The first-order valence-electron chi connectivity index (χ1n) is 7.15. The molecule has 1 aliphatic heterocycles. The summed E-state index contributed by atoms with van der Waals surface area (Å²) in [6.45, 7) is 3.17. The molecule has 1 atom stereocenters. The zero-order chi connectivity index (χ0) is 15.2. The van der Waals surface area contributed by atoms with E-state index in [-0.39, 0.29) is 18.4 Å². The Morgan fingerprint density at radius 3 is 2.95 bits per heavy atom. The van der Waals surface area contributed by atoms with Crippen LogP contribution in [0.1, 0.15) is 18.9 Å². The van der Waals surface area contributed by atoms with Crippen molar-refractivity contribution in [3.63, 3.8) is 0 Å². The zero-order valence-corrected chi connectivity index (χ0v) is 12.2. The molecule has 114 valence electrons. The molecule has 1 fully saturated rings. The molecule has 1 unspecified atom stereocenters. The second kappa shape index (κ2) is 7.08. The van der Waals surface area contributed by atoms with Crippen LogP contribution >= 0.6 is 0 Å². The van der Waals surface area contributed by atoms with Gasteiger partial charge in [0.15, 0.2) is 6.61 Å². The van der Waals surface area contributed by atoms with Crippen LogP contribution in [0.15, 0.2) is 24.3 Å². The standard InChI is InChI=1S/C15H21N3O3/c1-2-12-15(20)17-7-8-18(12)14(19)10-21-13-6-4-3-5-11(13)9-16/h3-6,12H,2,7-10,16H2,1H3,(H,17,20). The van der Waals surface area contributed by atoms with Gasteiger partial charge in [0.25, 0.3) is 5.91 Å². The lowest BCUT2D eigenvalue weighted by Gasteiger charge is -2.34. The molecular weight excluding hydrogens is 270 g/mol. The predicted molar refractivity (Wildman–Crippen MR) is 78.6 cm³/mol. The molecule has 1 aliphatic rings. The molecule has 6 heteroatoms. The van der Waals surface area contributed by atoms with Gasteiger partial charge >= 0.3 is 0 Å². The van der Waals surface area contributed by atoms with E-state index >= 15 is 0 Å². The van der Waals surface area contributed by atoms with E-state index in [1.165, 1.54) is 0 Å². The maximum absolute atomic E-state index is 12.3. The number of benzene rings is 1. The van der Waals surface area contributed by atoms with E-state index in [0.29, 0.717) is 31.8 Å². The Balaban J connectivity index is 1.99. The number of nitrogens with one attached hydrogen (secondary N) is 1. The highest BCUT2D eigenvalue weighted by molar-refractivity contribution is 5.89. The van der Waals surface area contributed by atoms with Gasteiger partial charge in [0.2, 0.25) is 5.91 Å². The Kier molecular flexibility index (Phi) is 5.16. The van der Waals surface area contributed by atoms with Crippen LogP contribution < -0.4 is 15.8 Å². The minimum Gasteiger partial charge on any atom is -0.483 e. The molecule has 0 aromatic heterocycles. The van der Waals surface area contributed by atoms with Crippen molar-refractivity contribution < 1.29 is 14.3 Å². The largest absolute Gasteiger partial charge is 0.483 e. The van der Waals surface area contributed by atoms with Crippen LogP contribution in [0.3, 0.4) is 0 Å². The van der Waals surface area contributed by atoms with Gasteiger partial charge in [-0.15, -0.1) is 0 Å². The van der Waals surface area contributed by atoms with E-state index < -0.39 is 6.04 Å². The van der Waals surface area contributed by atoms with E-state index in [1.54, 1.807) is 11.0 Å². The lowest BCUT2D eigenvalue weighted by molar-refractivity contribution is -0.144. The minimum absolute atomic E-state index is 0.0825. The normalized spacial score (nSPS) is 18.3. The highest BCUT2D eigenvalue weighted by atomic mass is 16.5. The fraction of sp³-hybridized carbons (Fsp3) is 0.467. The van der Waals surface area contributed by atoms with Crippen LogP contribution in [0.4, 0.5) is 0 Å². The molecule has 2 rings (SSSR count). The summed E-state index contributed by atoms with van der Waals surface area (Å²) < 4.78 is 5.57. The Morgan fingerprint density at radius 2 is 2.24 bits per heavy atom. The second-order valence-corrected chi connectivity index (χ2v) is 4.90. The quantitative estimate of drug-likeness (QED) is 0.815. The summed E-state index contributed by atoms with van der Waals surface area (Å²) in [5.41, 5.74) is 6.49. The number of hydrogen-bond donors (Lipinski definition) is 2. The van der Waals surface area contributed by atoms with Crippen LogP contribution in [-0.4, -0.2) is 42.5 Å². The van der Waals surface area contributed by atoms with Crippen LogP contribution in [0.2, 0.25) is 0 Å². The number of rotatable bonds is 5. The van der Waals surface area contributed by atoms with Crippen molar-refractivity contribution in [1.29, 1.82) is 0 Å². The van der Waals surface area contributed by atoms with Gasteiger partial charge < -0.3 is 20.7 Å². The number of hydrogen-bond acceptors (Lipinski definition) is 4. The fourth-order valence-corrected chi connectivity index (χ4v) is 2.45. The molecule has 6 nitrogen and oxygen atoms in total. The molecule has 0 bridgehead atoms. The van der Waals surface area contributed by atoms with E-state index in [4.69, 9.17) is 10.5 Å². The summed E-state index contributed by atoms with van der Waals surface area (Å²) in [4.78, 5) is 25.6. The third kappa shape index (κ3) is 3.52. The number of nitrogens with zero attached hydrogens (tertiary/aromatic N) is 1. The highest BCUT2D eigenvalue weighted by Gasteiger charge is 2.31. The average molecular weight is 291 g/mol. The van der Waals surface area contributed by atoms with Crippen molar-refractivity contribution >= 4 is 11.8 Å². The molecule has 2 amide bonds. The van der Waals surface area contributed by atoms with Crippen LogP contribution in [0.5, 0.6) is 5.75 Å². The molecule has 1 aromatic carbocycles. The average Bonchev–Trinajstić information content (AvgIpc) is 2.52. The summed E-state index contributed by atoms with van der Waals surface area (Å²) in [6.07, 6.45) is 0.594. The first kappa shape index (κ1) is 15.3. The lowest BCUT2D eigenvalue weighted by Crippen LogP contribution is -2.57. The minimum atomic E-state index is -0.403. The molecule has 1 heterocycles. The third-order valence-electron chi connectivity index (χ3n) is 3.58. The number of para-hydroxylation sites is 1. The topological polar surface area (TPSA) is 84.7 Å². The molecule has 1 saturated heterocycles. The number of nitrogens with two attached hydrogens (primary N) is 1. The summed E-state index contributed by atoms with van der Waals surface area (Å²) in [5.74, 6) is 0.339. The maximum atomic E-state index is 12.3. The van der Waals surface area contributed by atoms with Gasteiger partial charge in [0, 0.05) is 25.2 Å². The number of ether oxygens (including phenoxy) is 1. The van der Waals surface area contributed by atoms with Gasteiger partial charge in [-0.1, -0.05) is 25.1 Å². The van der Waals surface area contributed by atoms with Crippen LogP contribution in [-0.2, 0) is 16.1 Å². The molecule has 3 N–H and O–H groups in total. The van der Waals surface area contributed by atoms with Crippen molar-refractivity contribution in [2.75, 3.05) is 19.7 Å². The molecular formula is C15H21N3O3. The second-order valence-electron chi connectivity index (χ2n) is 4.90. The Bertz CT molecular complexity index is 519. The number of carbonyl (C=O) groups excluding carboxylic acids is 2. The van der Waals surface area contributed by atoms with Gasteiger partial charge in [0.1, 0.15) is 11.8 Å². The van der Waals surface area contributed by atoms with Gasteiger partial charge in [0.05, 0.1) is 0 Å². The van der Waals surface area contributed by atoms with Gasteiger partial charge in [-0.25, -0.2) is 0 Å². The molecule has 21 heavy (non-hydrogen) atoms. The lowest BCUT2D eigenvalue weighted by atomic mass is 10.1. The molecule has 0 radical (unpaired) electrons. The predicted octanol–water partition coefficient (Wildman–Crippen LogP) is 0.261. The smallest absolute Gasteiger partial charge is 0.261 e. The summed E-state index contributed by atoms with van der Waals surface area (Å²) in [6, 6.07) is 6.96. The van der Waals surface area contributed by atoms with E-state index in [1.807, 2.05) is 25.1 Å². The molecule has 1 aromatic rings. The van der Waals surface area contributed by atoms with E-state index in [2.05, 4.69) is 5.32 Å². The van der Waals surface area contributed by atoms with Gasteiger partial charge in [-0.3, -0.25) is 9.59 Å². The van der Waals surface area contributed by atoms with Crippen LogP contribution in [0, 0.1) is 0 Å². The van der Waals surface area contributed by atoms with Crippen molar-refractivity contribution in [3.05, 3.63) is 29.8 Å². The third-order valence-corrected chi connectivity index (χ3v) is 3.58. The van der Waals surface area contributed by atoms with Crippen molar-refractivity contribution in [2.45, 2.75) is 25.9 Å². The number of amides is 2. The Labute approximate surface area is 124 Å². The zero-order valence-electron chi connectivity index (χ0n) is 12.2. The van der Waals surface area contributed by atoms with Gasteiger partial charge in [-0.2, -0.15) is 0 Å². The van der Waals surface area contributed by atoms with Gasteiger partial charge in [-0.05, 0) is 12.5 Å². The highest BCUT2D eigenvalue weighted by Crippen LogP contribution is 2.17. The van der Waals surface area contributed by atoms with E-state index in [0.717, 1.165) is 5.56 Å². The fourth-order valence-electron chi connectivity index (χ4n) is 2.45. The maximum Gasteiger partial charge on any atom is 0.261 e. The van der Waals surface area contributed by atoms with Crippen molar-refractivity contribution in [2.24, 2.45) is 5.73 Å². The van der Waals surface area contributed by atoms with Crippen LogP contribution in [0.25, 0.3) is 0 Å². The molecule has 0 saturated carbocycles. The number of carbonyl (C=O) groups is 2. The van der Waals surface area contributed by atoms with E-state index in [9.17, 15) is 9.59 Å². The summed E-state index contributed by atoms with van der Waals surface area (Å²) >= 11 is 0.